The van der Waals surface area contributed by atoms with Crippen molar-refractivity contribution in [2.24, 2.45) is 5.92 Å². The zero-order chi connectivity index (χ0) is 13.4. The Hall–Kier alpha value is -0.120. The molecule has 0 bridgehead atoms. The van der Waals surface area contributed by atoms with Crippen LogP contribution >= 0.6 is 0 Å². The van der Waals surface area contributed by atoms with Crippen molar-refractivity contribution in [3.05, 3.63) is 0 Å². The number of piperidine rings is 1. The van der Waals surface area contributed by atoms with Crippen molar-refractivity contribution in [1.29, 1.82) is 0 Å². The molecular formula is C15H32N2O. The normalized spacial score (nSPS) is 27.3. The topological polar surface area (TPSA) is 35.5 Å². The second-order valence-electron chi connectivity index (χ2n) is 5.77. The molecule has 0 aromatic heterocycles. The van der Waals surface area contributed by atoms with Crippen molar-refractivity contribution in [2.75, 3.05) is 26.2 Å². The van der Waals surface area contributed by atoms with Gasteiger partial charge in [0.2, 0.25) is 0 Å². The standard InChI is InChI=1S/C15H32N2O/c1-4-7-8-17-11-13(10-15(18)5-2)9-14(12-17)16-6-3/h13-16,18H,4-12H2,1-3H3. The lowest BCUT2D eigenvalue weighted by atomic mass is 9.88. The molecule has 0 saturated carbocycles. The number of hydrogen-bond acceptors (Lipinski definition) is 3. The van der Waals surface area contributed by atoms with Crippen LogP contribution in [0.5, 0.6) is 0 Å². The number of nitrogens with zero attached hydrogens (tertiary/aromatic N) is 1. The number of hydrogen-bond donors (Lipinski definition) is 2. The Balaban J connectivity index is 2.45. The van der Waals surface area contributed by atoms with E-state index in [0.29, 0.717) is 12.0 Å². The fraction of sp³-hybridized carbons (Fsp3) is 1.00. The number of nitrogens with one attached hydrogen (secondary N) is 1. The van der Waals surface area contributed by atoms with E-state index in [-0.39, 0.29) is 6.10 Å². The highest BCUT2D eigenvalue weighted by molar-refractivity contribution is 4.84. The van der Waals surface area contributed by atoms with Gasteiger partial charge in [-0.1, -0.05) is 27.2 Å². The Labute approximate surface area is 113 Å². The summed E-state index contributed by atoms with van der Waals surface area (Å²) >= 11 is 0. The van der Waals surface area contributed by atoms with E-state index in [1.807, 2.05) is 0 Å². The number of aliphatic hydroxyl groups is 1. The van der Waals surface area contributed by atoms with Gasteiger partial charge >= 0.3 is 0 Å². The maximum Gasteiger partial charge on any atom is 0.0540 e. The van der Waals surface area contributed by atoms with Gasteiger partial charge in [0.05, 0.1) is 6.10 Å². The lowest BCUT2D eigenvalue weighted by Crippen LogP contribution is -2.49. The number of likely N-dealkylation sites (N-methyl/N-ethyl adjacent to an activating group) is 1. The second kappa shape index (κ2) is 8.89. The molecule has 18 heavy (non-hydrogen) atoms. The molecule has 1 rings (SSSR count). The largest absolute Gasteiger partial charge is 0.393 e. The van der Waals surface area contributed by atoms with Gasteiger partial charge in [-0.3, -0.25) is 0 Å². The first-order chi connectivity index (χ1) is 8.69. The van der Waals surface area contributed by atoms with E-state index >= 15 is 0 Å². The predicted octanol–water partition coefficient (Wildman–Crippen LogP) is 2.25. The Bertz CT molecular complexity index is 211. The van der Waals surface area contributed by atoms with E-state index in [4.69, 9.17) is 0 Å². The second-order valence-corrected chi connectivity index (χ2v) is 5.77. The third-order valence-electron chi connectivity index (χ3n) is 4.01. The average Bonchev–Trinajstić information content (AvgIpc) is 2.36. The zero-order valence-corrected chi connectivity index (χ0v) is 12.5. The summed E-state index contributed by atoms with van der Waals surface area (Å²) in [5.41, 5.74) is 0. The number of aliphatic hydroxyl groups excluding tert-OH is 1. The molecule has 2 N–H and O–H groups in total. The van der Waals surface area contributed by atoms with Crippen molar-refractivity contribution in [3.8, 4) is 0 Å². The molecule has 0 radical (unpaired) electrons. The van der Waals surface area contributed by atoms with Crippen LogP contribution in [-0.2, 0) is 0 Å². The van der Waals surface area contributed by atoms with E-state index in [9.17, 15) is 5.11 Å². The van der Waals surface area contributed by atoms with Crippen molar-refractivity contribution in [1.82, 2.24) is 10.2 Å². The molecule has 3 heteroatoms. The molecular weight excluding hydrogens is 224 g/mol. The van der Waals surface area contributed by atoms with Crippen LogP contribution < -0.4 is 5.32 Å². The molecule has 1 aliphatic rings. The van der Waals surface area contributed by atoms with Crippen molar-refractivity contribution < 1.29 is 5.11 Å². The van der Waals surface area contributed by atoms with Gasteiger partial charge in [0.25, 0.3) is 0 Å². The van der Waals surface area contributed by atoms with Crippen LogP contribution in [0.25, 0.3) is 0 Å². The fourth-order valence-corrected chi connectivity index (χ4v) is 3.03. The predicted molar refractivity (Wildman–Crippen MR) is 77.8 cm³/mol. The third-order valence-corrected chi connectivity index (χ3v) is 4.01. The first kappa shape index (κ1) is 15.9. The summed E-state index contributed by atoms with van der Waals surface area (Å²) < 4.78 is 0. The lowest BCUT2D eigenvalue weighted by Gasteiger charge is -2.39. The van der Waals surface area contributed by atoms with Gasteiger partial charge in [-0.05, 0) is 44.7 Å². The van der Waals surface area contributed by atoms with Gasteiger partial charge in [0.1, 0.15) is 0 Å². The van der Waals surface area contributed by atoms with Crippen molar-refractivity contribution in [3.63, 3.8) is 0 Å². The van der Waals surface area contributed by atoms with E-state index in [2.05, 4.69) is 31.0 Å². The molecule has 1 fully saturated rings. The van der Waals surface area contributed by atoms with Crippen LogP contribution in [0.15, 0.2) is 0 Å². The smallest absolute Gasteiger partial charge is 0.0540 e. The van der Waals surface area contributed by atoms with Gasteiger partial charge in [0, 0.05) is 19.1 Å². The van der Waals surface area contributed by atoms with E-state index in [1.165, 1.54) is 38.9 Å². The minimum Gasteiger partial charge on any atom is -0.393 e. The molecule has 1 aliphatic heterocycles. The minimum absolute atomic E-state index is 0.108. The maximum atomic E-state index is 9.85. The first-order valence-corrected chi connectivity index (χ1v) is 7.83. The Morgan fingerprint density at radius 3 is 2.67 bits per heavy atom. The summed E-state index contributed by atoms with van der Waals surface area (Å²) in [5, 5.41) is 13.4. The van der Waals surface area contributed by atoms with Gasteiger partial charge < -0.3 is 15.3 Å². The summed E-state index contributed by atoms with van der Waals surface area (Å²) in [6.45, 7) is 11.1. The summed E-state index contributed by atoms with van der Waals surface area (Å²) in [6.07, 6.45) is 5.54. The van der Waals surface area contributed by atoms with Gasteiger partial charge in [-0.2, -0.15) is 0 Å². The summed E-state index contributed by atoms with van der Waals surface area (Å²) in [4.78, 5) is 2.59. The number of rotatable bonds is 8. The minimum atomic E-state index is -0.108. The third kappa shape index (κ3) is 5.68. The molecule has 3 unspecified atom stereocenters. The van der Waals surface area contributed by atoms with Gasteiger partial charge in [0.15, 0.2) is 0 Å². The number of unbranched alkanes of at least 4 members (excludes halogenated alkanes) is 1. The highest BCUT2D eigenvalue weighted by Crippen LogP contribution is 2.22. The zero-order valence-electron chi connectivity index (χ0n) is 12.5. The van der Waals surface area contributed by atoms with Crippen LogP contribution in [0, 0.1) is 5.92 Å². The van der Waals surface area contributed by atoms with Crippen LogP contribution in [-0.4, -0.2) is 48.3 Å². The molecule has 0 amide bonds. The quantitative estimate of drug-likeness (QED) is 0.699. The Morgan fingerprint density at radius 1 is 1.28 bits per heavy atom. The summed E-state index contributed by atoms with van der Waals surface area (Å²) in [6, 6.07) is 0.620. The molecule has 3 atom stereocenters. The SMILES string of the molecule is CCCCN1CC(CC(O)CC)CC(NCC)C1. The summed E-state index contributed by atoms with van der Waals surface area (Å²) in [5.74, 6) is 0.662. The molecule has 0 spiro atoms. The highest BCUT2D eigenvalue weighted by Gasteiger charge is 2.27. The molecule has 0 aromatic carbocycles. The Morgan fingerprint density at radius 2 is 2.06 bits per heavy atom. The monoisotopic (exact) mass is 256 g/mol. The van der Waals surface area contributed by atoms with Crippen molar-refractivity contribution >= 4 is 0 Å². The highest BCUT2D eigenvalue weighted by atomic mass is 16.3. The molecule has 108 valence electrons. The fourth-order valence-electron chi connectivity index (χ4n) is 3.03. The van der Waals surface area contributed by atoms with E-state index in [0.717, 1.165) is 19.4 Å². The maximum absolute atomic E-state index is 9.85. The average molecular weight is 256 g/mol. The molecule has 0 aliphatic carbocycles. The van der Waals surface area contributed by atoms with Gasteiger partial charge in [-0.25, -0.2) is 0 Å². The van der Waals surface area contributed by atoms with E-state index in [1.54, 1.807) is 0 Å². The lowest BCUT2D eigenvalue weighted by molar-refractivity contribution is 0.0836. The van der Waals surface area contributed by atoms with Crippen molar-refractivity contribution in [2.45, 2.75) is 65.0 Å². The molecule has 3 nitrogen and oxygen atoms in total. The van der Waals surface area contributed by atoms with Crippen LogP contribution in [0.2, 0.25) is 0 Å². The Kier molecular flexibility index (Phi) is 7.87. The number of likely N-dealkylation sites (tertiary alicyclic amines) is 1. The van der Waals surface area contributed by atoms with Crippen LogP contribution in [0.1, 0.15) is 52.9 Å². The molecule has 1 saturated heterocycles. The molecule has 1 heterocycles. The van der Waals surface area contributed by atoms with Crippen LogP contribution in [0.3, 0.4) is 0 Å². The molecule has 0 aromatic rings. The summed E-state index contributed by atoms with van der Waals surface area (Å²) in [7, 11) is 0. The van der Waals surface area contributed by atoms with Crippen LogP contribution in [0.4, 0.5) is 0 Å². The van der Waals surface area contributed by atoms with Gasteiger partial charge in [-0.15, -0.1) is 0 Å². The van der Waals surface area contributed by atoms with E-state index < -0.39 is 0 Å². The first-order valence-electron chi connectivity index (χ1n) is 7.83.